The molecule has 0 bridgehead atoms. The highest BCUT2D eigenvalue weighted by molar-refractivity contribution is 8.00. The monoisotopic (exact) mass is 280 g/mol. The molecule has 0 aliphatic rings. The Morgan fingerprint density at radius 1 is 1.44 bits per heavy atom. The standard InChI is InChI=1S/C10H11F3N2O2S/c1-7-6-8(15(16)17)2-3-9(7)14-4-5-18-10(11,12)13/h2-3,6,14H,4-5H2,1H3. The van der Waals surface area contributed by atoms with Crippen LogP contribution >= 0.6 is 11.8 Å². The molecule has 1 aromatic rings. The molecule has 0 aliphatic carbocycles. The van der Waals surface area contributed by atoms with Gasteiger partial charge in [-0.2, -0.15) is 13.2 Å². The number of nitrogens with zero attached hydrogens (tertiary/aromatic N) is 1. The van der Waals surface area contributed by atoms with Crippen LogP contribution in [-0.4, -0.2) is 22.7 Å². The minimum Gasteiger partial charge on any atom is -0.384 e. The number of nitro groups is 1. The second kappa shape index (κ2) is 5.94. The summed E-state index contributed by atoms with van der Waals surface area (Å²) in [5.74, 6) is -0.111. The number of aryl methyl sites for hydroxylation is 1. The van der Waals surface area contributed by atoms with Gasteiger partial charge in [0.2, 0.25) is 0 Å². The van der Waals surface area contributed by atoms with E-state index in [4.69, 9.17) is 0 Å². The zero-order chi connectivity index (χ0) is 13.8. The van der Waals surface area contributed by atoms with Gasteiger partial charge in [-0.3, -0.25) is 10.1 Å². The molecule has 1 N–H and O–H groups in total. The summed E-state index contributed by atoms with van der Waals surface area (Å²) in [5, 5.41) is 13.3. The Bertz CT molecular complexity index is 438. The van der Waals surface area contributed by atoms with Crippen molar-refractivity contribution < 1.29 is 18.1 Å². The topological polar surface area (TPSA) is 55.2 Å². The van der Waals surface area contributed by atoms with Crippen LogP contribution in [0, 0.1) is 17.0 Å². The van der Waals surface area contributed by atoms with Crippen molar-refractivity contribution in [3.63, 3.8) is 0 Å². The van der Waals surface area contributed by atoms with Gasteiger partial charge in [-0.15, -0.1) is 0 Å². The number of benzene rings is 1. The Morgan fingerprint density at radius 2 is 2.11 bits per heavy atom. The number of nitro benzene ring substituents is 1. The lowest BCUT2D eigenvalue weighted by molar-refractivity contribution is -0.384. The summed E-state index contributed by atoms with van der Waals surface area (Å²) in [5.41, 5.74) is -3.04. The summed E-state index contributed by atoms with van der Waals surface area (Å²) in [6.07, 6.45) is 0. The first-order valence-electron chi connectivity index (χ1n) is 4.99. The fourth-order valence-electron chi connectivity index (χ4n) is 1.31. The predicted octanol–water partition coefficient (Wildman–Crippen LogP) is 3.57. The van der Waals surface area contributed by atoms with Crippen molar-refractivity contribution >= 4 is 23.1 Å². The minimum absolute atomic E-state index is 0.0392. The summed E-state index contributed by atoms with van der Waals surface area (Å²) >= 11 is -0.104. The second-order valence-corrected chi connectivity index (χ2v) is 4.64. The van der Waals surface area contributed by atoms with Crippen molar-refractivity contribution in [1.82, 2.24) is 0 Å². The fraction of sp³-hybridized carbons (Fsp3) is 0.400. The van der Waals surface area contributed by atoms with Crippen LogP contribution in [0.5, 0.6) is 0 Å². The third kappa shape index (κ3) is 4.82. The van der Waals surface area contributed by atoms with Crippen molar-refractivity contribution in [2.75, 3.05) is 17.6 Å². The smallest absolute Gasteiger partial charge is 0.384 e. The molecule has 0 saturated heterocycles. The molecule has 1 aromatic carbocycles. The molecule has 0 unspecified atom stereocenters. The van der Waals surface area contributed by atoms with Gasteiger partial charge in [0.15, 0.2) is 0 Å². The third-order valence-electron chi connectivity index (χ3n) is 2.10. The summed E-state index contributed by atoms with van der Waals surface area (Å²) in [6.45, 7) is 1.80. The molecule has 0 saturated carbocycles. The average Bonchev–Trinajstić information content (AvgIpc) is 2.24. The molecule has 0 atom stereocenters. The molecule has 0 spiro atoms. The van der Waals surface area contributed by atoms with Crippen LogP contribution in [0.2, 0.25) is 0 Å². The van der Waals surface area contributed by atoms with Gasteiger partial charge < -0.3 is 5.32 Å². The molecule has 18 heavy (non-hydrogen) atoms. The molecule has 0 aromatic heterocycles. The maximum Gasteiger partial charge on any atom is 0.441 e. The number of thioether (sulfide) groups is 1. The van der Waals surface area contributed by atoms with E-state index in [9.17, 15) is 23.3 Å². The highest BCUT2D eigenvalue weighted by Gasteiger charge is 2.27. The summed E-state index contributed by atoms with van der Waals surface area (Å²) in [4.78, 5) is 9.97. The van der Waals surface area contributed by atoms with E-state index < -0.39 is 10.4 Å². The largest absolute Gasteiger partial charge is 0.441 e. The van der Waals surface area contributed by atoms with Gasteiger partial charge in [0, 0.05) is 30.1 Å². The van der Waals surface area contributed by atoms with E-state index in [-0.39, 0.29) is 29.7 Å². The number of hydrogen-bond donors (Lipinski definition) is 1. The van der Waals surface area contributed by atoms with Crippen LogP contribution in [-0.2, 0) is 0 Å². The number of alkyl halides is 3. The first kappa shape index (κ1) is 14.6. The highest BCUT2D eigenvalue weighted by Crippen LogP contribution is 2.29. The van der Waals surface area contributed by atoms with Crippen LogP contribution in [0.15, 0.2) is 18.2 Å². The van der Waals surface area contributed by atoms with Crippen LogP contribution < -0.4 is 5.32 Å². The quantitative estimate of drug-likeness (QED) is 0.509. The van der Waals surface area contributed by atoms with Gasteiger partial charge in [-0.1, -0.05) is 0 Å². The average molecular weight is 280 g/mol. The van der Waals surface area contributed by atoms with Crippen LogP contribution in [0.4, 0.5) is 24.5 Å². The number of rotatable bonds is 5. The number of non-ortho nitro benzene ring substituents is 1. The number of hydrogen-bond acceptors (Lipinski definition) is 4. The van der Waals surface area contributed by atoms with Gasteiger partial charge >= 0.3 is 5.51 Å². The van der Waals surface area contributed by atoms with E-state index in [2.05, 4.69) is 5.32 Å². The SMILES string of the molecule is Cc1cc([N+](=O)[O-])ccc1NCCSC(F)(F)F. The van der Waals surface area contributed by atoms with E-state index >= 15 is 0 Å². The van der Waals surface area contributed by atoms with Crippen molar-refractivity contribution in [2.24, 2.45) is 0 Å². The molecule has 8 heteroatoms. The summed E-state index contributed by atoms with van der Waals surface area (Å²) in [7, 11) is 0. The molecule has 0 amide bonds. The highest BCUT2D eigenvalue weighted by atomic mass is 32.2. The van der Waals surface area contributed by atoms with Gasteiger partial charge in [0.1, 0.15) is 0 Å². The molecule has 0 fully saturated rings. The maximum atomic E-state index is 11.9. The number of anilines is 1. The molecule has 0 heterocycles. The van der Waals surface area contributed by atoms with Crippen LogP contribution in [0.25, 0.3) is 0 Å². The van der Waals surface area contributed by atoms with E-state index in [0.717, 1.165) is 0 Å². The predicted molar refractivity (Wildman–Crippen MR) is 64.8 cm³/mol. The molecular formula is C10H11F3N2O2S. The van der Waals surface area contributed by atoms with Gasteiger partial charge in [0.05, 0.1) is 4.92 Å². The summed E-state index contributed by atoms with van der Waals surface area (Å²) < 4.78 is 35.6. The number of halogens is 3. The number of nitrogens with one attached hydrogen (secondary N) is 1. The molecule has 4 nitrogen and oxygen atoms in total. The van der Waals surface area contributed by atoms with Gasteiger partial charge in [-0.25, -0.2) is 0 Å². The van der Waals surface area contributed by atoms with E-state index in [0.29, 0.717) is 11.3 Å². The molecule has 0 aliphatic heterocycles. The Balaban J connectivity index is 2.51. The zero-order valence-corrected chi connectivity index (χ0v) is 10.3. The Labute approximate surface area is 106 Å². The molecule has 0 radical (unpaired) electrons. The Kier molecular flexibility index (Phi) is 4.83. The van der Waals surface area contributed by atoms with Gasteiger partial charge in [0.25, 0.3) is 5.69 Å². The van der Waals surface area contributed by atoms with E-state index in [1.54, 1.807) is 6.92 Å². The third-order valence-corrected chi connectivity index (χ3v) is 2.84. The maximum absolute atomic E-state index is 11.9. The zero-order valence-electron chi connectivity index (χ0n) is 9.45. The minimum atomic E-state index is -4.23. The van der Waals surface area contributed by atoms with Crippen molar-refractivity contribution in [2.45, 2.75) is 12.4 Å². The fourth-order valence-corrected chi connectivity index (χ4v) is 1.75. The lowest BCUT2D eigenvalue weighted by Gasteiger charge is -2.10. The molecule has 100 valence electrons. The van der Waals surface area contributed by atoms with E-state index in [1.165, 1.54) is 18.2 Å². The molecule has 1 rings (SSSR count). The summed E-state index contributed by atoms with van der Waals surface area (Å²) in [6, 6.07) is 4.18. The van der Waals surface area contributed by atoms with Crippen LogP contribution in [0.3, 0.4) is 0 Å². The molecular weight excluding hydrogens is 269 g/mol. The van der Waals surface area contributed by atoms with Crippen molar-refractivity contribution in [1.29, 1.82) is 0 Å². The van der Waals surface area contributed by atoms with Crippen molar-refractivity contribution in [3.05, 3.63) is 33.9 Å². The van der Waals surface area contributed by atoms with E-state index in [1.807, 2.05) is 0 Å². The van der Waals surface area contributed by atoms with Crippen molar-refractivity contribution in [3.8, 4) is 0 Å². The Morgan fingerprint density at radius 3 is 2.61 bits per heavy atom. The second-order valence-electron chi connectivity index (χ2n) is 3.48. The Hall–Kier alpha value is -1.44. The first-order valence-corrected chi connectivity index (χ1v) is 5.98. The first-order chi connectivity index (χ1) is 8.29. The van der Waals surface area contributed by atoms with Crippen LogP contribution in [0.1, 0.15) is 5.56 Å². The normalized spacial score (nSPS) is 11.3. The lowest BCUT2D eigenvalue weighted by atomic mass is 10.2. The lowest BCUT2D eigenvalue weighted by Crippen LogP contribution is -2.10. The van der Waals surface area contributed by atoms with Gasteiger partial charge in [-0.05, 0) is 30.3 Å².